The average Bonchev–Trinajstić information content (AvgIpc) is 3.08. The molecule has 154 valence electrons. The van der Waals surface area contributed by atoms with Crippen LogP contribution in [-0.4, -0.2) is 33.2 Å². The van der Waals surface area contributed by atoms with E-state index in [0.717, 1.165) is 22.6 Å². The maximum Gasteiger partial charge on any atom is 0.488 e. The Balaban J connectivity index is 1.69. The summed E-state index contributed by atoms with van der Waals surface area (Å²) in [4.78, 5) is 11.6. The van der Waals surface area contributed by atoms with Gasteiger partial charge in [0.2, 0.25) is 5.95 Å². The molecule has 0 fully saturated rings. The quantitative estimate of drug-likeness (QED) is 0.550. The van der Waals surface area contributed by atoms with Gasteiger partial charge >= 0.3 is 7.12 Å². The molecule has 1 aromatic heterocycles. The Hall–Kier alpha value is -2.90. The number of hydrogen-bond donors (Lipinski definition) is 3. The van der Waals surface area contributed by atoms with E-state index in [1.54, 1.807) is 6.07 Å². The molecule has 2 aromatic carbocycles. The third kappa shape index (κ3) is 3.91. The van der Waals surface area contributed by atoms with E-state index < -0.39 is 7.12 Å². The van der Waals surface area contributed by atoms with E-state index in [9.17, 15) is 10.0 Å². The summed E-state index contributed by atoms with van der Waals surface area (Å²) < 4.78 is 0. The Kier molecular flexibility index (Phi) is 5.75. The van der Waals surface area contributed by atoms with Gasteiger partial charge in [-0.1, -0.05) is 56.3 Å². The summed E-state index contributed by atoms with van der Waals surface area (Å²) in [6.07, 6.45) is 2.61. The van der Waals surface area contributed by atoms with Gasteiger partial charge in [0.25, 0.3) is 0 Å². The van der Waals surface area contributed by atoms with Crippen molar-refractivity contribution in [2.45, 2.75) is 45.7 Å². The van der Waals surface area contributed by atoms with Crippen LogP contribution in [0.4, 0.5) is 17.5 Å². The Labute approximate surface area is 177 Å². The van der Waals surface area contributed by atoms with Crippen LogP contribution in [0.2, 0.25) is 0 Å². The van der Waals surface area contributed by atoms with Crippen molar-refractivity contribution in [3.63, 3.8) is 0 Å². The van der Waals surface area contributed by atoms with Crippen LogP contribution in [0, 0.1) is 0 Å². The summed E-state index contributed by atoms with van der Waals surface area (Å²) in [6.45, 7) is 7.05. The zero-order chi connectivity index (χ0) is 21.3. The molecule has 0 saturated heterocycles. The molecule has 0 amide bonds. The summed E-state index contributed by atoms with van der Waals surface area (Å²) in [6, 6.07) is 16.0. The second-order valence-corrected chi connectivity index (χ2v) is 8.11. The largest absolute Gasteiger partial charge is 0.488 e. The van der Waals surface area contributed by atoms with Gasteiger partial charge in [0, 0.05) is 30.0 Å². The predicted molar refractivity (Wildman–Crippen MR) is 121 cm³/mol. The second kappa shape index (κ2) is 8.46. The minimum Gasteiger partial charge on any atom is -0.423 e. The maximum absolute atomic E-state index is 9.75. The van der Waals surface area contributed by atoms with Crippen molar-refractivity contribution in [2.24, 2.45) is 0 Å². The maximum atomic E-state index is 9.75. The molecule has 0 saturated carbocycles. The molecule has 0 bridgehead atoms. The molecule has 0 spiro atoms. The minimum absolute atomic E-state index is 0.117. The number of hydrogen-bond acceptors (Lipinski definition) is 6. The van der Waals surface area contributed by atoms with Gasteiger partial charge in [0.15, 0.2) is 0 Å². The zero-order valence-corrected chi connectivity index (χ0v) is 17.6. The van der Waals surface area contributed by atoms with Gasteiger partial charge in [0.05, 0.1) is 0 Å². The van der Waals surface area contributed by atoms with Gasteiger partial charge in [-0.15, -0.1) is 0 Å². The number of fused-ring (bicyclic) bond motifs is 1. The van der Waals surface area contributed by atoms with Gasteiger partial charge in [-0.3, -0.25) is 0 Å². The fraction of sp³-hybridized carbons (Fsp3) is 0.304. The SMILES string of the molecule is CC(C)c1cnc(N2c3cccc(B(O)O)c3CC2C)nc1NCc1ccccc1. The molecule has 3 N–H and O–H groups in total. The van der Waals surface area contributed by atoms with Crippen molar-refractivity contribution in [3.8, 4) is 0 Å². The number of benzene rings is 2. The van der Waals surface area contributed by atoms with Crippen LogP contribution in [0.1, 0.15) is 43.4 Å². The van der Waals surface area contributed by atoms with Crippen LogP contribution >= 0.6 is 0 Å². The second-order valence-electron chi connectivity index (χ2n) is 8.11. The molecule has 1 aliphatic heterocycles. The van der Waals surface area contributed by atoms with Crippen LogP contribution in [0.15, 0.2) is 54.7 Å². The molecule has 1 unspecified atom stereocenters. The average molecular weight is 402 g/mol. The molecule has 1 aliphatic rings. The van der Waals surface area contributed by atoms with E-state index in [-0.39, 0.29) is 12.0 Å². The van der Waals surface area contributed by atoms with Crippen molar-refractivity contribution in [3.05, 3.63) is 71.4 Å². The van der Waals surface area contributed by atoms with Crippen LogP contribution in [0.5, 0.6) is 0 Å². The molecule has 1 atom stereocenters. The van der Waals surface area contributed by atoms with Crippen molar-refractivity contribution in [2.75, 3.05) is 10.2 Å². The number of nitrogens with one attached hydrogen (secondary N) is 1. The lowest BCUT2D eigenvalue weighted by molar-refractivity contribution is 0.425. The fourth-order valence-corrected chi connectivity index (χ4v) is 4.05. The molecule has 4 rings (SSSR count). The van der Waals surface area contributed by atoms with E-state index in [4.69, 9.17) is 4.98 Å². The van der Waals surface area contributed by atoms with E-state index in [2.05, 4.69) is 48.1 Å². The number of nitrogens with zero attached hydrogens (tertiary/aromatic N) is 3. The molecular weight excluding hydrogens is 375 g/mol. The Morgan fingerprint density at radius 1 is 1.13 bits per heavy atom. The van der Waals surface area contributed by atoms with Gasteiger partial charge in [0.1, 0.15) is 5.82 Å². The van der Waals surface area contributed by atoms with E-state index in [0.29, 0.717) is 24.4 Å². The van der Waals surface area contributed by atoms with Crippen LogP contribution < -0.4 is 15.7 Å². The summed E-state index contributed by atoms with van der Waals surface area (Å²) in [5, 5.41) is 23.0. The summed E-state index contributed by atoms with van der Waals surface area (Å²) in [7, 11) is -1.49. The van der Waals surface area contributed by atoms with Gasteiger partial charge < -0.3 is 20.3 Å². The molecule has 30 heavy (non-hydrogen) atoms. The Morgan fingerprint density at radius 2 is 1.90 bits per heavy atom. The standard InChI is InChI=1S/C23H27BN4O2/c1-15(2)19-14-26-23(27-22(19)25-13-17-8-5-4-6-9-17)28-16(3)12-18-20(24(29)30)10-7-11-21(18)28/h4-11,14-16,29-30H,12-13H2,1-3H3,(H,25,26,27). The smallest absolute Gasteiger partial charge is 0.423 e. The first-order valence-corrected chi connectivity index (χ1v) is 10.4. The first-order valence-electron chi connectivity index (χ1n) is 10.4. The topological polar surface area (TPSA) is 81.5 Å². The molecule has 2 heterocycles. The number of rotatable bonds is 6. The van der Waals surface area contributed by atoms with Crippen LogP contribution in [0.3, 0.4) is 0 Å². The van der Waals surface area contributed by atoms with Crippen molar-refractivity contribution >= 4 is 30.0 Å². The highest BCUT2D eigenvalue weighted by atomic mass is 16.4. The van der Waals surface area contributed by atoms with Crippen molar-refractivity contribution < 1.29 is 10.0 Å². The monoisotopic (exact) mass is 402 g/mol. The summed E-state index contributed by atoms with van der Waals surface area (Å²) in [5.74, 6) is 1.74. The van der Waals surface area contributed by atoms with Gasteiger partial charge in [-0.25, -0.2) is 4.98 Å². The first kappa shape index (κ1) is 20.4. The van der Waals surface area contributed by atoms with Crippen molar-refractivity contribution in [1.82, 2.24) is 9.97 Å². The highest BCUT2D eigenvalue weighted by Crippen LogP contribution is 2.37. The van der Waals surface area contributed by atoms with Gasteiger partial charge in [-0.2, -0.15) is 4.98 Å². The number of anilines is 3. The first-order chi connectivity index (χ1) is 14.5. The molecule has 3 aromatic rings. The van der Waals surface area contributed by atoms with E-state index >= 15 is 0 Å². The number of aromatic nitrogens is 2. The molecular formula is C23H27BN4O2. The normalized spacial score (nSPS) is 15.4. The minimum atomic E-state index is -1.49. The molecule has 6 nitrogen and oxygen atoms in total. The van der Waals surface area contributed by atoms with Gasteiger partial charge in [-0.05, 0) is 41.9 Å². The van der Waals surface area contributed by atoms with Crippen molar-refractivity contribution in [1.29, 1.82) is 0 Å². The van der Waals surface area contributed by atoms with E-state index in [1.807, 2.05) is 36.5 Å². The van der Waals surface area contributed by atoms with Crippen LogP contribution in [-0.2, 0) is 13.0 Å². The highest BCUT2D eigenvalue weighted by Gasteiger charge is 2.33. The fourth-order valence-electron chi connectivity index (χ4n) is 4.05. The Morgan fingerprint density at radius 3 is 2.60 bits per heavy atom. The predicted octanol–water partition coefficient (Wildman–Crippen LogP) is 2.97. The molecule has 7 heteroatoms. The summed E-state index contributed by atoms with van der Waals surface area (Å²) >= 11 is 0. The lowest BCUT2D eigenvalue weighted by Gasteiger charge is -2.24. The molecule has 0 radical (unpaired) electrons. The third-order valence-electron chi connectivity index (χ3n) is 5.61. The molecule has 0 aliphatic carbocycles. The highest BCUT2D eigenvalue weighted by molar-refractivity contribution is 6.59. The third-order valence-corrected chi connectivity index (χ3v) is 5.61. The lowest BCUT2D eigenvalue weighted by atomic mass is 9.76. The Bertz CT molecular complexity index is 1030. The lowest BCUT2D eigenvalue weighted by Crippen LogP contribution is -2.32. The van der Waals surface area contributed by atoms with Crippen LogP contribution in [0.25, 0.3) is 0 Å². The zero-order valence-electron chi connectivity index (χ0n) is 17.6. The van der Waals surface area contributed by atoms with E-state index in [1.165, 1.54) is 5.56 Å². The summed E-state index contributed by atoms with van der Waals surface area (Å²) in [5.41, 5.74) is 4.67.